The van der Waals surface area contributed by atoms with Gasteiger partial charge in [-0.2, -0.15) is 0 Å². The third-order valence-corrected chi connectivity index (χ3v) is 7.50. The lowest BCUT2D eigenvalue weighted by Crippen LogP contribution is -2.43. The van der Waals surface area contributed by atoms with E-state index in [4.69, 9.17) is 0 Å². The van der Waals surface area contributed by atoms with Gasteiger partial charge in [-0.15, -0.1) is 0 Å². The Balaban J connectivity index is 2.05. The maximum Gasteiger partial charge on any atom is 0.0576 e. The van der Waals surface area contributed by atoms with Crippen LogP contribution in [0, 0.1) is 46.8 Å². The molecule has 0 saturated heterocycles. The first-order valence-corrected chi connectivity index (χ1v) is 10.4. The van der Waals surface area contributed by atoms with Crippen LogP contribution in [0.25, 0.3) is 0 Å². The molecule has 0 aromatic rings. The highest BCUT2D eigenvalue weighted by Crippen LogP contribution is 2.48. The van der Waals surface area contributed by atoms with E-state index in [9.17, 15) is 10.2 Å². The smallest absolute Gasteiger partial charge is 0.0576 e. The van der Waals surface area contributed by atoms with E-state index < -0.39 is 0 Å². The lowest BCUT2D eigenvalue weighted by atomic mass is 9.60. The SMILES string of the molecule is CC(C)C1CC(CC2CC(C(C)(C)C)C(O)CC2C)C(C)CC1O. The van der Waals surface area contributed by atoms with Gasteiger partial charge in [-0.3, -0.25) is 0 Å². The zero-order valence-corrected chi connectivity index (χ0v) is 17.1. The van der Waals surface area contributed by atoms with Crippen molar-refractivity contribution in [1.82, 2.24) is 0 Å². The number of hydrogen-bond donors (Lipinski definition) is 2. The fraction of sp³-hybridized carbons (Fsp3) is 1.00. The zero-order valence-electron chi connectivity index (χ0n) is 17.1. The summed E-state index contributed by atoms with van der Waals surface area (Å²) in [5.74, 6) is 4.18. The van der Waals surface area contributed by atoms with Crippen molar-refractivity contribution < 1.29 is 10.2 Å². The Morgan fingerprint density at radius 3 is 1.83 bits per heavy atom. The maximum absolute atomic E-state index is 10.6. The van der Waals surface area contributed by atoms with Gasteiger partial charge in [0.05, 0.1) is 12.2 Å². The van der Waals surface area contributed by atoms with Crippen molar-refractivity contribution in [2.24, 2.45) is 46.8 Å². The monoisotopic (exact) mass is 338 g/mol. The van der Waals surface area contributed by atoms with Gasteiger partial charge in [0.25, 0.3) is 0 Å². The molecular weight excluding hydrogens is 296 g/mol. The first-order valence-electron chi connectivity index (χ1n) is 10.4. The zero-order chi connectivity index (χ0) is 18.2. The maximum atomic E-state index is 10.6. The van der Waals surface area contributed by atoms with Gasteiger partial charge in [0.2, 0.25) is 0 Å². The van der Waals surface area contributed by atoms with E-state index >= 15 is 0 Å². The van der Waals surface area contributed by atoms with Crippen LogP contribution in [0.4, 0.5) is 0 Å². The second-order valence-electron chi connectivity index (χ2n) is 10.7. The third-order valence-electron chi connectivity index (χ3n) is 7.50. The number of hydrogen-bond acceptors (Lipinski definition) is 2. The van der Waals surface area contributed by atoms with Crippen molar-refractivity contribution in [2.75, 3.05) is 0 Å². The molecule has 0 aromatic heterocycles. The van der Waals surface area contributed by atoms with Gasteiger partial charge in [0.15, 0.2) is 0 Å². The number of rotatable bonds is 3. The Morgan fingerprint density at radius 1 is 0.833 bits per heavy atom. The van der Waals surface area contributed by atoms with E-state index in [1.807, 2.05) is 0 Å². The lowest BCUT2D eigenvalue weighted by molar-refractivity contribution is -0.0478. The van der Waals surface area contributed by atoms with Crippen molar-refractivity contribution in [2.45, 2.75) is 92.8 Å². The van der Waals surface area contributed by atoms with Crippen molar-refractivity contribution in [3.8, 4) is 0 Å². The summed E-state index contributed by atoms with van der Waals surface area (Å²) < 4.78 is 0. The van der Waals surface area contributed by atoms with Crippen LogP contribution in [0.15, 0.2) is 0 Å². The molecule has 0 bridgehead atoms. The minimum absolute atomic E-state index is 0.107. The van der Waals surface area contributed by atoms with Crippen LogP contribution in [-0.4, -0.2) is 22.4 Å². The quantitative estimate of drug-likeness (QED) is 0.749. The van der Waals surface area contributed by atoms with Gasteiger partial charge in [-0.25, -0.2) is 0 Å². The Bertz CT molecular complexity index is 397. The van der Waals surface area contributed by atoms with Gasteiger partial charge in [-0.05, 0) is 78.9 Å². The summed E-state index contributed by atoms with van der Waals surface area (Å²) in [7, 11) is 0. The molecule has 8 atom stereocenters. The van der Waals surface area contributed by atoms with Crippen LogP contribution in [0.5, 0.6) is 0 Å². The summed E-state index contributed by atoms with van der Waals surface area (Å²) in [6, 6.07) is 0. The molecule has 0 amide bonds. The molecule has 8 unspecified atom stereocenters. The van der Waals surface area contributed by atoms with Crippen molar-refractivity contribution in [1.29, 1.82) is 0 Å². The van der Waals surface area contributed by atoms with E-state index in [0.717, 1.165) is 24.7 Å². The highest BCUT2D eigenvalue weighted by molar-refractivity contribution is 4.92. The van der Waals surface area contributed by atoms with Crippen LogP contribution in [0.3, 0.4) is 0 Å². The van der Waals surface area contributed by atoms with Gasteiger partial charge in [0.1, 0.15) is 0 Å². The highest BCUT2D eigenvalue weighted by atomic mass is 16.3. The summed E-state index contributed by atoms with van der Waals surface area (Å²) in [5, 5.41) is 21.0. The predicted molar refractivity (Wildman–Crippen MR) is 102 cm³/mol. The standard InChI is InChI=1S/C22H42O2/c1-13(2)18-11-16(14(3)8-20(18)23)10-17-12-19(22(5,6)7)21(24)9-15(17)4/h13-21,23-24H,8-12H2,1-7H3. The van der Waals surface area contributed by atoms with Crippen molar-refractivity contribution >= 4 is 0 Å². The molecule has 2 heteroatoms. The van der Waals surface area contributed by atoms with E-state index in [-0.39, 0.29) is 17.6 Å². The molecule has 0 aliphatic heterocycles. The molecule has 0 radical (unpaired) electrons. The Morgan fingerprint density at radius 2 is 1.33 bits per heavy atom. The van der Waals surface area contributed by atoms with Crippen LogP contribution in [-0.2, 0) is 0 Å². The molecule has 2 rings (SSSR count). The average molecular weight is 339 g/mol. The Labute approximate surface area is 150 Å². The second-order valence-corrected chi connectivity index (χ2v) is 10.7. The average Bonchev–Trinajstić information content (AvgIpc) is 2.42. The van der Waals surface area contributed by atoms with Gasteiger partial charge in [0, 0.05) is 0 Å². The lowest BCUT2D eigenvalue weighted by Gasteiger charge is -2.47. The molecule has 2 aliphatic carbocycles. The molecule has 0 spiro atoms. The molecule has 0 aromatic carbocycles. The van der Waals surface area contributed by atoms with Gasteiger partial charge >= 0.3 is 0 Å². The normalized spacial score (nSPS) is 44.8. The first-order chi connectivity index (χ1) is 11.0. The van der Waals surface area contributed by atoms with E-state index in [2.05, 4.69) is 48.5 Å². The molecule has 0 heterocycles. The molecule has 24 heavy (non-hydrogen) atoms. The minimum atomic E-state index is -0.134. The Hall–Kier alpha value is -0.0800. The minimum Gasteiger partial charge on any atom is -0.393 e. The van der Waals surface area contributed by atoms with Crippen molar-refractivity contribution in [3.63, 3.8) is 0 Å². The number of aliphatic hydroxyl groups excluding tert-OH is 2. The van der Waals surface area contributed by atoms with E-state index in [0.29, 0.717) is 29.6 Å². The largest absolute Gasteiger partial charge is 0.393 e. The van der Waals surface area contributed by atoms with Crippen LogP contribution in [0.2, 0.25) is 0 Å². The topological polar surface area (TPSA) is 40.5 Å². The molecule has 2 saturated carbocycles. The van der Waals surface area contributed by atoms with Gasteiger partial charge < -0.3 is 10.2 Å². The van der Waals surface area contributed by atoms with Crippen LogP contribution in [0.1, 0.15) is 80.6 Å². The van der Waals surface area contributed by atoms with Gasteiger partial charge in [-0.1, -0.05) is 48.5 Å². The summed E-state index contributed by atoms with van der Waals surface area (Å²) in [6.45, 7) is 16.0. The number of aliphatic hydroxyl groups is 2. The summed E-state index contributed by atoms with van der Waals surface area (Å²) in [5.41, 5.74) is 0.187. The van der Waals surface area contributed by atoms with E-state index in [1.54, 1.807) is 0 Å². The molecule has 142 valence electrons. The fourth-order valence-corrected chi connectivity index (χ4v) is 5.63. The fourth-order valence-electron chi connectivity index (χ4n) is 5.63. The molecule has 2 N–H and O–H groups in total. The third kappa shape index (κ3) is 4.55. The summed E-state index contributed by atoms with van der Waals surface area (Å²) in [4.78, 5) is 0. The van der Waals surface area contributed by atoms with Crippen LogP contribution >= 0.6 is 0 Å². The van der Waals surface area contributed by atoms with Crippen molar-refractivity contribution in [3.05, 3.63) is 0 Å². The second kappa shape index (κ2) is 7.66. The predicted octanol–water partition coefficient (Wildman–Crippen LogP) is 5.13. The molecule has 2 nitrogen and oxygen atoms in total. The molecular formula is C22H42O2. The van der Waals surface area contributed by atoms with Crippen LogP contribution < -0.4 is 0 Å². The molecule has 2 fully saturated rings. The summed E-state index contributed by atoms with van der Waals surface area (Å²) >= 11 is 0. The first kappa shape index (κ1) is 20.2. The summed E-state index contributed by atoms with van der Waals surface area (Å²) in [6.07, 6.45) is 5.34. The van der Waals surface area contributed by atoms with E-state index in [1.165, 1.54) is 19.3 Å². The Kier molecular flexibility index (Phi) is 6.46. The highest BCUT2D eigenvalue weighted by Gasteiger charge is 2.42. The molecule has 2 aliphatic rings.